The Hall–Kier alpha value is -0.840. The van der Waals surface area contributed by atoms with Crippen molar-refractivity contribution >= 4 is 0 Å². The highest BCUT2D eigenvalue weighted by atomic mass is 16.5. The maximum atomic E-state index is 5.57. The average molecular weight is 264 g/mol. The molecule has 1 saturated heterocycles. The number of hydrogen-bond acceptors (Lipinski definition) is 4. The normalized spacial score (nSPS) is 24.1. The number of rotatable bonds is 8. The summed E-state index contributed by atoms with van der Waals surface area (Å²) in [6.07, 6.45) is 6.91. The first-order valence-electron chi connectivity index (χ1n) is 7.49. The van der Waals surface area contributed by atoms with Crippen LogP contribution in [-0.2, 0) is 11.3 Å². The first-order chi connectivity index (χ1) is 9.42. The van der Waals surface area contributed by atoms with Gasteiger partial charge in [-0.3, -0.25) is 4.90 Å². The van der Waals surface area contributed by atoms with E-state index in [1.54, 1.807) is 6.26 Å². The molecular formula is C15H24N2O2. The van der Waals surface area contributed by atoms with E-state index in [9.17, 15) is 0 Å². The third-order valence-corrected chi connectivity index (χ3v) is 4.01. The van der Waals surface area contributed by atoms with Crippen molar-refractivity contribution in [3.8, 4) is 0 Å². The van der Waals surface area contributed by atoms with Crippen LogP contribution in [0.25, 0.3) is 0 Å². The smallest absolute Gasteiger partial charge is 0.129 e. The van der Waals surface area contributed by atoms with E-state index >= 15 is 0 Å². The zero-order chi connectivity index (χ0) is 12.9. The van der Waals surface area contributed by atoms with Crippen LogP contribution in [0.1, 0.15) is 31.4 Å². The second kappa shape index (κ2) is 6.55. The molecular weight excluding hydrogens is 240 g/mol. The summed E-state index contributed by atoms with van der Waals surface area (Å²) in [5, 5.41) is 3.64. The van der Waals surface area contributed by atoms with Crippen LogP contribution in [0.15, 0.2) is 22.8 Å². The topological polar surface area (TPSA) is 37.6 Å². The number of likely N-dealkylation sites (tertiary alicyclic amines) is 1. The quantitative estimate of drug-likeness (QED) is 0.729. The summed E-state index contributed by atoms with van der Waals surface area (Å²) in [5.74, 6) is 0.906. The minimum absolute atomic E-state index is 0.589. The molecule has 2 aliphatic rings. The third kappa shape index (κ3) is 4.06. The first-order valence-corrected chi connectivity index (χ1v) is 7.49. The number of nitrogens with zero attached hydrogens (tertiary/aromatic N) is 1. The third-order valence-electron chi connectivity index (χ3n) is 4.01. The van der Waals surface area contributed by atoms with E-state index in [4.69, 9.17) is 9.15 Å². The molecule has 1 unspecified atom stereocenters. The van der Waals surface area contributed by atoms with Crippen LogP contribution in [0, 0.1) is 0 Å². The van der Waals surface area contributed by atoms with E-state index in [0.717, 1.165) is 31.4 Å². The van der Waals surface area contributed by atoms with Crippen molar-refractivity contribution in [3.05, 3.63) is 24.2 Å². The van der Waals surface area contributed by atoms with Gasteiger partial charge in [0.05, 0.1) is 6.26 Å². The van der Waals surface area contributed by atoms with Crippen LogP contribution in [-0.4, -0.2) is 43.2 Å². The molecule has 19 heavy (non-hydrogen) atoms. The molecule has 0 radical (unpaired) electrons. The first kappa shape index (κ1) is 13.2. The maximum Gasteiger partial charge on any atom is 0.129 e. The number of furan rings is 1. The fourth-order valence-corrected chi connectivity index (χ4v) is 2.77. The van der Waals surface area contributed by atoms with Gasteiger partial charge in [-0.25, -0.2) is 0 Å². The lowest BCUT2D eigenvalue weighted by atomic mass is 10.2. The minimum atomic E-state index is 0.589. The molecule has 2 heterocycles. The molecule has 2 fully saturated rings. The van der Waals surface area contributed by atoms with E-state index < -0.39 is 0 Å². The molecule has 1 aromatic heterocycles. The van der Waals surface area contributed by atoms with Crippen molar-refractivity contribution in [2.24, 2.45) is 0 Å². The molecule has 4 nitrogen and oxygen atoms in total. The van der Waals surface area contributed by atoms with Crippen molar-refractivity contribution in [2.75, 3.05) is 26.2 Å². The van der Waals surface area contributed by atoms with Gasteiger partial charge in [-0.2, -0.15) is 0 Å². The summed E-state index contributed by atoms with van der Waals surface area (Å²) < 4.78 is 10.8. The van der Waals surface area contributed by atoms with Crippen LogP contribution in [0.2, 0.25) is 0 Å². The van der Waals surface area contributed by atoms with Crippen LogP contribution in [0.5, 0.6) is 0 Å². The molecule has 1 N–H and O–H groups in total. The Balaban J connectivity index is 1.20. The Kier molecular flexibility index (Phi) is 4.53. The lowest BCUT2D eigenvalue weighted by Gasteiger charge is -2.15. The zero-order valence-electron chi connectivity index (χ0n) is 11.5. The molecule has 1 aromatic rings. The Morgan fingerprint density at radius 3 is 3.11 bits per heavy atom. The average Bonchev–Trinajstić information content (AvgIpc) is 2.96. The van der Waals surface area contributed by atoms with Crippen LogP contribution < -0.4 is 5.32 Å². The summed E-state index contributed by atoms with van der Waals surface area (Å²) in [5.41, 5.74) is 0. The summed E-state index contributed by atoms with van der Waals surface area (Å²) in [7, 11) is 0. The van der Waals surface area contributed by atoms with E-state index in [0.29, 0.717) is 12.6 Å². The highest BCUT2D eigenvalue weighted by Gasteiger charge is 2.33. The van der Waals surface area contributed by atoms with Gasteiger partial charge in [0.2, 0.25) is 0 Å². The zero-order valence-corrected chi connectivity index (χ0v) is 11.5. The Labute approximate surface area is 115 Å². The summed E-state index contributed by atoms with van der Waals surface area (Å²) >= 11 is 0. The molecule has 1 saturated carbocycles. The summed E-state index contributed by atoms with van der Waals surface area (Å²) in [4.78, 5) is 2.64. The molecule has 0 spiro atoms. The van der Waals surface area contributed by atoms with Crippen molar-refractivity contribution in [3.63, 3.8) is 0 Å². The molecule has 0 amide bonds. The monoisotopic (exact) mass is 264 g/mol. The SMILES string of the molecule is c1coc(COCCCNC2CCN(C3CC3)C2)c1. The van der Waals surface area contributed by atoms with Gasteiger partial charge in [-0.1, -0.05) is 0 Å². The highest BCUT2D eigenvalue weighted by molar-refractivity contribution is 4.96. The molecule has 0 bridgehead atoms. The predicted molar refractivity (Wildman–Crippen MR) is 74.0 cm³/mol. The predicted octanol–water partition coefficient (Wildman–Crippen LogP) is 2.01. The summed E-state index contributed by atoms with van der Waals surface area (Å²) in [6.45, 7) is 4.98. The highest BCUT2D eigenvalue weighted by Crippen LogP contribution is 2.29. The van der Waals surface area contributed by atoms with Crippen LogP contribution in [0.3, 0.4) is 0 Å². The van der Waals surface area contributed by atoms with Gasteiger partial charge in [-0.15, -0.1) is 0 Å². The van der Waals surface area contributed by atoms with Crippen molar-refractivity contribution in [1.82, 2.24) is 10.2 Å². The van der Waals surface area contributed by atoms with E-state index in [1.807, 2.05) is 12.1 Å². The molecule has 3 rings (SSSR count). The van der Waals surface area contributed by atoms with E-state index in [1.165, 1.54) is 32.4 Å². The fraction of sp³-hybridized carbons (Fsp3) is 0.733. The van der Waals surface area contributed by atoms with Gasteiger partial charge in [-0.05, 0) is 44.4 Å². The molecule has 4 heteroatoms. The Morgan fingerprint density at radius 1 is 1.37 bits per heavy atom. The molecule has 106 valence electrons. The molecule has 1 atom stereocenters. The standard InChI is InChI=1S/C15H24N2O2/c1-3-15(19-10-1)12-18-9-2-7-16-13-6-8-17(11-13)14-4-5-14/h1,3,10,13-14,16H,2,4-9,11-12H2. The lowest BCUT2D eigenvalue weighted by molar-refractivity contribution is 0.103. The fourth-order valence-electron chi connectivity index (χ4n) is 2.77. The second-order valence-corrected chi connectivity index (χ2v) is 5.65. The van der Waals surface area contributed by atoms with Gasteiger partial charge in [0, 0.05) is 31.8 Å². The molecule has 1 aliphatic carbocycles. The Morgan fingerprint density at radius 2 is 2.32 bits per heavy atom. The number of ether oxygens (including phenoxy) is 1. The van der Waals surface area contributed by atoms with Crippen LogP contribution >= 0.6 is 0 Å². The number of nitrogens with one attached hydrogen (secondary N) is 1. The van der Waals surface area contributed by atoms with Crippen LogP contribution in [0.4, 0.5) is 0 Å². The number of hydrogen-bond donors (Lipinski definition) is 1. The van der Waals surface area contributed by atoms with Gasteiger partial charge >= 0.3 is 0 Å². The van der Waals surface area contributed by atoms with Gasteiger partial charge in [0.15, 0.2) is 0 Å². The molecule has 1 aliphatic heterocycles. The van der Waals surface area contributed by atoms with Gasteiger partial charge < -0.3 is 14.5 Å². The lowest BCUT2D eigenvalue weighted by Crippen LogP contribution is -2.34. The van der Waals surface area contributed by atoms with Gasteiger partial charge in [0.1, 0.15) is 12.4 Å². The largest absolute Gasteiger partial charge is 0.467 e. The Bertz CT molecular complexity index is 362. The van der Waals surface area contributed by atoms with Crippen molar-refractivity contribution in [2.45, 2.75) is 44.4 Å². The minimum Gasteiger partial charge on any atom is -0.467 e. The van der Waals surface area contributed by atoms with Crippen molar-refractivity contribution in [1.29, 1.82) is 0 Å². The second-order valence-electron chi connectivity index (χ2n) is 5.65. The van der Waals surface area contributed by atoms with Gasteiger partial charge in [0.25, 0.3) is 0 Å². The summed E-state index contributed by atoms with van der Waals surface area (Å²) in [6, 6.07) is 5.46. The maximum absolute atomic E-state index is 5.57. The van der Waals surface area contributed by atoms with E-state index in [2.05, 4.69) is 10.2 Å². The van der Waals surface area contributed by atoms with Crippen molar-refractivity contribution < 1.29 is 9.15 Å². The molecule has 0 aromatic carbocycles. The van der Waals surface area contributed by atoms with E-state index in [-0.39, 0.29) is 0 Å².